The number of fused-ring (bicyclic) bond motifs is 1. The Hall–Kier alpha value is -2.77. The highest BCUT2D eigenvalue weighted by atomic mass is 79.9. The second kappa shape index (κ2) is 7.93. The van der Waals surface area contributed by atoms with Gasteiger partial charge in [-0.05, 0) is 24.3 Å². The first kappa shape index (κ1) is 19.5. The average Bonchev–Trinajstić information content (AvgIpc) is 2.73. The topological polar surface area (TPSA) is 69.7 Å². The normalized spacial score (nSPS) is 16.7. The summed E-state index contributed by atoms with van der Waals surface area (Å²) >= 11 is 3.39. The molecule has 0 spiro atoms. The van der Waals surface area contributed by atoms with Crippen LogP contribution >= 0.6 is 15.9 Å². The molecule has 1 N–H and O–H groups in total. The zero-order chi connectivity index (χ0) is 20.5. The van der Waals surface area contributed by atoms with Crippen LogP contribution in [0.25, 0.3) is 0 Å². The number of carbonyl (C=O) groups is 3. The van der Waals surface area contributed by atoms with Crippen molar-refractivity contribution in [2.45, 2.75) is 6.92 Å². The minimum Gasteiger partial charge on any atom is -0.364 e. The summed E-state index contributed by atoms with van der Waals surface area (Å²) in [5.74, 6) is -0.859. The molecule has 1 heterocycles. The van der Waals surface area contributed by atoms with Gasteiger partial charge in [0.15, 0.2) is 0 Å². The van der Waals surface area contributed by atoms with Crippen LogP contribution in [0, 0.1) is 0 Å². The van der Waals surface area contributed by atoms with Crippen LogP contribution in [0.15, 0.2) is 64.4 Å². The number of halogens is 1. The third-order valence-corrected chi connectivity index (χ3v) is 5.66. The molecular weight excluding hydrogens is 434 g/mol. The van der Waals surface area contributed by atoms with E-state index in [4.69, 9.17) is 0 Å². The molecule has 0 atom stereocenters. The van der Waals surface area contributed by atoms with Crippen LogP contribution < -0.4 is 10.2 Å². The van der Waals surface area contributed by atoms with Gasteiger partial charge in [-0.2, -0.15) is 0 Å². The van der Waals surface area contributed by atoms with Gasteiger partial charge in [0.2, 0.25) is 17.5 Å². The number of nitrogens with zero attached hydrogens (tertiary/aromatic N) is 2. The lowest BCUT2D eigenvalue weighted by atomic mass is 9.88. The van der Waals surface area contributed by atoms with Crippen molar-refractivity contribution in [3.8, 4) is 0 Å². The molecule has 0 radical (unpaired) electrons. The molecule has 4 rings (SSSR count). The van der Waals surface area contributed by atoms with E-state index in [1.807, 2.05) is 4.90 Å². The van der Waals surface area contributed by atoms with Gasteiger partial charge in [-0.3, -0.25) is 19.3 Å². The van der Waals surface area contributed by atoms with Crippen molar-refractivity contribution in [3.63, 3.8) is 0 Å². The molecule has 0 saturated carbocycles. The van der Waals surface area contributed by atoms with Crippen LogP contribution in [0.4, 0.5) is 5.69 Å². The summed E-state index contributed by atoms with van der Waals surface area (Å²) in [6.45, 7) is 4.00. The third kappa shape index (κ3) is 3.52. The fourth-order valence-electron chi connectivity index (χ4n) is 3.80. The molecule has 29 heavy (non-hydrogen) atoms. The molecule has 7 heteroatoms. The van der Waals surface area contributed by atoms with E-state index in [2.05, 4.69) is 21.2 Å². The van der Waals surface area contributed by atoms with Gasteiger partial charge in [-0.1, -0.05) is 40.2 Å². The van der Waals surface area contributed by atoms with E-state index in [1.54, 1.807) is 48.5 Å². The number of anilines is 1. The molecule has 0 unspecified atom stereocenters. The molecule has 1 aliphatic carbocycles. The summed E-state index contributed by atoms with van der Waals surface area (Å²) in [6, 6.07) is 13.9. The lowest BCUT2D eigenvalue weighted by Gasteiger charge is -2.37. The third-order valence-electron chi connectivity index (χ3n) is 5.13. The largest absolute Gasteiger partial charge is 0.364 e. The first-order valence-corrected chi connectivity index (χ1v) is 10.2. The number of piperazine rings is 1. The van der Waals surface area contributed by atoms with Crippen molar-refractivity contribution in [1.29, 1.82) is 0 Å². The predicted molar refractivity (Wildman–Crippen MR) is 114 cm³/mol. The fourth-order valence-corrected chi connectivity index (χ4v) is 4.06. The second-order valence-corrected chi connectivity index (χ2v) is 7.88. The number of carbonyl (C=O) groups excluding carboxylic acids is 3. The maximum absolute atomic E-state index is 13.5. The Balaban J connectivity index is 1.95. The lowest BCUT2D eigenvalue weighted by molar-refractivity contribution is -0.116. The summed E-state index contributed by atoms with van der Waals surface area (Å²) in [6.07, 6.45) is 0. The van der Waals surface area contributed by atoms with Crippen molar-refractivity contribution >= 4 is 39.1 Å². The second-order valence-electron chi connectivity index (χ2n) is 6.97. The van der Waals surface area contributed by atoms with Crippen molar-refractivity contribution in [1.82, 2.24) is 10.2 Å². The van der Waals surface area contributed by atoms with Crippen molar-refractivity contribution in [2.75, 3.05) is 31.1 Å². The maximum atomic E-state index is 13.5. The van der Waals surface area contributed by atoms with Gasteiger partial charge in [-0.15, -0.1) is 0 Å². The standard InChI is InChI=1S/C22H20BrN3O3/c1-14(27)26(16-8-6-15(23)7-9-16)20-19(25-12-10-24-11-13-25)21(28)17-4-2-3-5-18(17)22(20)29/h2-9,24H,10-13H2,1H3. The lowest BCUT2D eigenvalue weighted by Crippen LogP contribution is -2.48. The summed E-state index contributed by atoms with van der Waals surface area (Å²) < 4.78 is 0.859. The van der Waals surface area contributed by atoms with Gasteiger partial charge in [0, 0.05) is 54.4 Å². The van der Waals surface area contributed by atoms with E-state index < -0.39 is 0 Å². The van der Waals surface area contributed by atoms with E-state index in [0.29, 0.717) is 48.7 Å². The maximum Gasteiger partial charge on any atom is 0.228 e. The molecule has 2 aliphatic rings. The molecule has 1 saturated heterocycles. The molecule has 0 bridgehead atoms. The molecule has 1 aliphatic heterocycles. The Morgan fingerprint density at radius 3 is 2.14 bits per heavy atom. The van der Waals surface area contributed by atoms with Gasteiger partial charge < -0.3 is 10.2 Å². The number of ketones is 2. The van der Waals surface area contributed by atoms with E-state index in [-0.39, 0.29) is 23.2 Å². The summed E-state index contributed by atoms with van der Waals surface area (Å²) in [4.78, 5) is 43.0. The van der Waals surface area contributed by atoms with Crippen molar-refractivity contribution < 1.29 is 14.4 Å². The Morgan fingerprint density at radius 1 is 0.966 bits per heavy atom. The molecule has 6 nitrogen and oxygen atoms in total. The Bertz CT molecular complexity index is 1020. The number of benzene rings is 2. The average molecular weight is 454 g/mol. The van der Waals surface area contributed by atoms with Gasteiger partial charge >= 0.3 is 0 Å². The number of nitrogens with one attached hydrogen (secondary N) is 1. The first-order valence-electron chi connectivity index (χ1n) is 9.43. The Labute approximate surface area is 177 Å². The summed E-state index contributed by atoms with van der Waals surface area (Å²) in [5.41, 5.74) is 1.69. The molecule has 2 aromatic carbocycles. The van der Waals surface area contributed by atoms with Crippen LogP contribution in [0.3, 0.4) is 0 Å². The SMILES string of the molecule is CC(=O)N(C1=C(N2CCNCC2)C(=O)c2ccccc2C1=O)c1ccc(Br)cc1. The van der Waals surface area contributed by atoms with Gasteiger partial charge in [-0.25, -0.2) is 0 Å². The molecule has 2 aromatic rings. The number of amides is 1. The van der Waals surface area contributed by atoms with Crippen molar-refractivity contribution in [2.24, 2.45) is 0 Å². The number of rotatable bonds is 3. The van der Waals surface area contributed by atoms with Crippen molar-refractivity contribution in [3.05, 3.63) is 75.5 Å². The highest BCUT2D eigenvalue weighted by Gasteiger charge is 2.39. The molecule has 148 valence electrons. The zero-order valence-electron chi connectivity index (χ0n) is 15.9. The smallest absolute Gasteiger partial charge is 0.228 e. The van der Waals surface area contributed by atoms with Gasteiger partial charge in [0.1, 0.15) is 11.4 Å². The van der Waals surface area contributed by atoms with Crippen LogP contribution in [0.1, 0.15) is 27.6 Å². The number of hydrogen-bond donors (Lipinski definition) is 1. The minimum absolute atomic E-state index is 0.130. The molecule has 1 fully saturated rings. The van der Waals surface area contributed by atoms with E-state index in [0.717, 1.165) is 4.47 Å². The van der Waals surface area contributed by atoms with E-state index >= 15 is 0 Å². The molecular formula is C22H20BrN3O3. The number of hydrogen-bond acceptors (Lipinski definition) is 5. The number of allylic oxidation sites excluding steroid dienone is 2. The molecule has 1 amide bonds. The quantitative estimate of drug-likeness (QED) is 0.773. The van der Waals surface area contributed by atoms with Crippen LogP contribution in [0.5, 0.6) is 0 Å². The van der Waals surface area contributed by atoms with Gasteiger partial charge in [0.25, 0.3) is 0 Å². The van der Waals surface area contributed by atoms with E-state index in [9.17, 15) is 14.4 Å². The van der Waals surface area contributed by atoms with Crippen LogP contribution in [-0.2, 0) is 4.79 Å². The van der Waals surface area contributed by atoms with E-state index in [1.165, 1.54) is 11.8 Å². The summed E-state index contributed by atoms with van der Waals surface area (Å²) in [7, 11) is 0. The summed E-state index contributed by atoms with van der Waals surface area (Å²) in [5, 5.41) is 3.26. The highest BCUT2D eigenvalue weighted by molar-refractivity contribution is 9.10. The number of Topliss-reactive ketones (excluding diaryl/α,β-unsaturated/α-hetero) is 2. The van der Waals surface area contributed by atoms with Gasteiger partial charge in [0.05, 0.1) is 0 Å². The van der Waals surface area contributed by atoms with Crippen LogP contribution in [0.2, 0.25) is 0 Å². The highest BCUT2D eigenvalue weighted by Crippen LogP contribution is 2.33. The Kier molecular flexibility index (Phi) is 5.34. The predicted octanol–water partition coefficient (Wildman–Crippen LogP) is 3.00. The molecule has 0 aromatic heterocycles. The zero-order valence-corrected chi connectivity index (χ0v) is 17.5. The first-order chi connectivity index (χ1) is 14.0. The fraction of sp³-hybridized carbons (Fsp3) is 0.227. The van der Waals surface area contributed by atoms with Crippen LogP contribution in [-0.4, -0.2) is 48.6 Å². The monoisotopic (exact) mass is 453 g/mol. The Morgan fingerprint density at radius 2 is 1.55 bits per heavy atom. The minimum atomic E-state index is -0.324.